The minimum absolute atomic E-state index is 0.0385. The van der Waals surface area contributed by atoms with E-state index in [-0.39, 0.29) is 12.0 Å². The number of nitrogens with zero attached hydrogens (tertiary/aromatic N) is 1. The topological polar surface area (TPSA) is 46.6 Å². The average Bonchev–Trinajstić information content (AvgIpc) is 2.38. The molecule has 1 saturated heterocycles. The van der Waals surface area contributed by atoms with Gasteiger partial charge in [0.05, 0.1) is 0 Å². The molecule has 0 aromatic heterocycles. The molecule has 1 heterocycles. The van der Waals surface area contributed by atoms with Crippen LogP contribution in [0.5, 0.6) is 0 Å². The predicted molar refractivity (Wildman–Crippen MR) is 77.5 cm³/mol. The molecule has 0 radical (unpaired) electrons. The fourth-order valence-electron chi connectivity index (χ4n) is 3.30. The van der Waals surface area contributed by atoms with Gasteiger partial charge in [0.15, 0.2) is 0 Å². The Kier molecular flexibility index (Phi) is 4.71. The number of Topliss-reactive ketones (excluding diaryl/α,β-unsaturated/α-hetero) is 1. The second kappa shape index (κ2) is 6.15. The Bertz CT molecular complexity index is 366. The molecular formula is C16H27NO3. The van der Waals surface area contributed by atoms with E-state index >= 15 is 0 Å². The molecule has 2 aliphatic rings. The number of rotatable bonds is 1. The molecule has 2 rings (SSSR count). The van der Waals surface area contributed by atoms with Gasteiger partial charge in [-0.1, -0.05) is 19.3 Å². The largest absolute Gasteiger partial charge is 0.444 e. The van der Waals surface area contributed by atoms with Crippen molar-refractivity contribution in [3.8, 4) is 0 Å². The van der Waals surface area contributed by atoms with Crippen LogP contribution >= 0.6 is 0 Å². The number of carbonyl (C=O) groups excluding carboxylic acids is 2. The summed E-state index contributed by atoms with van der Waals surface area (Å²) in [7, 11) is 0. The molecular weight excluding hydrogens is 254 g/mol. The van der Waals surface area contributed by atoms with Crippen molar-refractivity contribution in [1.29, 1.82) is 0 Å². The third-order valence-corrected chi connectivity index (χ3v) is 4.33. The standard InChI is InChI=1S/C16H27NO3/c1-16(2,3)20-15(19)17-10-9-14(18)13(11-17)12-7-5-4-6-8-12/h12-13H,4-11H2,1-3H3. The van der Waals surface area contributed by atoms with Gasteiger partial charge >= 0.3 is 6.09 Å². The fraction of sp³-hybridized carbons (Fsp3) is 0.875. The molecule has 2 fully saturated rings. The summed E-state index contributed by atoms with van der Waals surface area (Å²) in [5, 5.41) is 0. The molecule has 20 heavy (non-hydrogen) atoms. The van der Waals surface area contributed by atoms with Crippen LogP contribution in [0.15, 0.2) is 0 Å². The minimum atomic E-state index is -0.473. The predicted octanol–water partition coefficient (Wildman–Crippen LogP) is 3.39. The lowest BCUT2D eigenvalue weighted by Gasteiger charge is -2.37. The summed E-state index contributed by atoms with van der Waals surface area (Å²) < 4.78 is 5.42. The first-order valence-corrected chi connectivity index (χ1v) is 7.87. The second-order valence-electron chi connectivity index (χ2n) is 7.15. The molecule has 0 aromatic rings. The minimum Gasteiger partial charge on any atom is -0.444 e. The lowest BCUT2D eigenvalue weighted by Crippen LogP contribution is -2.48. The summed E-state index contributed by atoms with van der Waals surface area (Å²) in [5.41, 5.74) is -0.473. The smallest absolute Gasteiger partial charge is 0.410 e. The molecule has 1 unspecified atom stereocenters. The number of hydrogen-bond donors (Lipinski definition) is 0. The summed E-state index contributed by atoms with van der Waals surface area (Å²) in [4.78, 5) is 26.0. The molecule has 0 spiro atoms. The van der Waals surface area contributed by atoms with Crippen molar-refractivity contribution in [2.24, 2.45) is 11.8 Å². The second-order valence-corrected chi connectivity index (χ2v) is 7.15. The summed E-state index contributed by atoms with van der Waals surface area (Å²) in [6, 6.07) is 0. The first kappa shape index (κ1) is 15.3. The SMILES string of the molecule is CC(C)(C)OC(=O)N1CCC(=O)C(C2CCCCC2)C1. The van der Waals surface area contributed by atoms with Gasteiger partial charge in [-0.3, -0.25) is 4.79 Å². The highest BCUT2D eigenvalue weighted by Crippen LogP contribution is 2.33. The van der Waals surface area contributed by atoms with E-state index in [9.17, 15) is 9.59 Å². The Morgan fingerprint density at radius 2 is 1.85 bits per heavy atom. The van der Waals surface area contributed by atoms with Crippen molar-refractivity contribution in [2.45, 2.75) is 64.9 Å². The highest BCUT2D eigenvalue weighted by atomic mass is 16.6. The summed E-state index contributed by atoms with van der Waals surface area (Å²) in [5.74, 6) is 0.856. The van der Waals surface area contributed by atoms with Gasteiger partial charge in [-0.05, 0) is 39.5 Å². The normalized spacial score (nSPS) is 25.6. The number of ketones is 1. The van der Waals surface area contributed by atoms with E-state index in [0.717, 1.165) is 12.8 Å². The van der Waals surface area contributed by atoms with Crippen molar-refractivity contribution in [1.82, 2.24) is 4.90 Å². The molecule has 0 bridgehead atoms. The third-order valence-electron chi connectivity index (χ3n) is 4.33. The van der Waals surface area contributed by atoms with Crippen LogP contribution in [0.25, 0.3) is 0 Å². The summed E-state index contributed by atoms with van der Waals surface area (Å²) in [6.07, 6.45) is 6.22. The molecule has 1 saturated carbocycles. The van der Waals surface area contributed by atoms with Crippen LogP contribution in [-0.4, -0.2) is 35.5 Å². The van der Waals surface area contributed by atoms with E-state index in [1.165, 1.54) is 19.3 Å². The molecule has 0 N–H and O–H groups in total. The van der Waals surface area contributed by atoms with Gasteiger partial charge in [-0.15, -0.1) is 0 Å². The Balaban J connectivity index is 1.96. The number of piperidine rings is 1. The maximum absolute atomic E-state index is 12.2. The third kappa shape index (κ3) is 3.97. The van der Waals surface area contributed by atoms with Crippen LogP contribution in [0.2, 0.25) is 0 Å². The molecule has 0 aromatic carbocycles. The zero-order chi connectivity index (χ0) is 14.8. The van der Waals surface area contributed by atoms with Gasteiger partial charge < -0.3 is 9.64 Å². The Labute approximate surface area is 121 Å². The molecule has 1 aliphatic carbocycles. The van der Waals surface area contributed by atoms with Crippen LogP contribution in [0.1, 0.15) is 59.3 Å². The van der Waals surface area contributed by atoms with E-state index in [0.29, 0.717) is 31.2 Å². The maximum Gasteiger partial charge on any atom is 0.410 e. The van der Waals surface area contributed by atoms with Crippen molar-refractivity contribution >= 4 is 11.9 Å². The zero-order valence-corrected chi connectivity index (χ0v) is 13.0. The van der Waals surface area contributed by atoms with Crippen LogP contribution < -0.4 is 0 Å². The summed E-state index contributed by atoms with van der Waals surface area (Å²) in [6.45, 7) is 6.69. The quantitative estimate of drug-likeness (QED) is 0.740. The van der Waals surface area contributed by atoms with Crippen molar-refractivity contribution in [2.75, 3.05) is 13.1 Å². The van der Waals surface area contributed by atoms with E-state index in [1.807, 2.05) is 20.8 Å². The van der Waals surface area contributed by atoms with E-state index in [4.69, 9.17) is 4.74 Å². The van der Waals surface area contributed by atoms with Crippen LogP contribution in [0, 0.1) is 11.8 Å². The first-order valence-electron chi connectivity index (χ1n) is 7.87. The molecule has 1 atom stereocenters. The Morgan fingerprint density at radius 1 is 1.20 bits per heavy atom. The lowest BCUT2D eigenvalue weighted by molar-refractivity contribution is -0.128. The highest BCUT2D eigenvalue weighted by Gasteiger charge is 2.36. The van der Waals surface area contributed by atoms with Gasteiger partial charge in [-0.2, -0.15) is 0 Å². The number of carbonyl (C=O) groups is 2. The number of ether oxygens (including phenoxy) is 1. The molecule has 4 nitrogen and oxygen atoms in total. The number of hydrogen-bond acceptors (Lipinski definition) is 3. The number of likely N-dealkylation sites (tertiary alicyclic amines) is 1. The fourth-order valence-corrected chi connectivity index (χ4v) is 3.30. The number of amides is 1. The van der Waals surface area contributed by atoms with E-state index < -0.39 is 5.60 Å². The molecule has 114 valence electrons. The monoisotopic (exact) mass is 281 g/mol. The van der Waals surface area contributed by atoms with E-state index in [2.05, 4.69) is 0 Å². The lowest BCUT2D eigenvalue weighted by atomic mass is 9.76. The zero-order valence-electron chi connectivity index (χ0n) is 13.0. The van der Waals surface area contributed by atoms with Crippen molar-refractivity contribution < 1.29 is 14.3 Å². The van der Waals surface area contributed by atoms with Gasteiger partial charge in [0.25, 0.3) is 0 Å². The van der Waals surface area contributed by atoms with Crippen LogP contribution in [-0.2, 0) is 9.53 Å². The first-order chi connectivity index (χ1) is 9.37. The van der Waals surface area contributed by atoms with Crippen LogP contribution in [0.3, 0.4) is 0 Å². The van der Waals surface area contributed by atoms with Gasteiger partial charge in [-0.25, -0.2) is 4.79 Å². The van der Waals surface area contributed by atoms with Crippen molar-refractivity contribution in [3.05, 3.63) is 0 Å². The van der Waals surface area contributed by atoms with Crippen LogP contribution in [0.4, 0.5) is 4.79 Å². The molecule has 1 amide bonds. The summed E-state index contributed by atoms with van der Waals surface area (Å²) >= 11 is 0. The average molecular weight is 281 g/mol. The van der Waals surface area contributed by atoms with Gasteiger partial charge in [0.1, 0.15) is 11.4 Å². The van der Waals surface area contributed by atoms with Gasteiger partial charge in [0.2, 0.25) is 0 Å². The highest BCUT2D eigenvalue weighted by molar-refractivity contribution is 5.84. The Hall–Kier alpha value is -1.06. The molecule has 1 aliphatic heterocycles. The molecule has 4 heteroatoms. The maximum atomic E-state index is 12.2. The van der Waals surface area contributed by atoms with E-state index in [1.54, 1.807) is 4.90 Å². The Morgan fingerprint density at radius 3 is 2.45 bits per heavy atom. The van der Waals surface area contributed by atoms with Crippen molar-refractivity contribution in [3.63, 3.8) is 0 Å². The van der Waals surface area contributed by atoms with Gasteiger partial charge in [0, 0.05) is 25.4 Å².